The molecule has 1 aliphatic heterocycles. The lowest BCUT2D eigenvalue weighted by Crippen LogP contribution is -2.35. The second-order valence-electron chi connectivity index (χ2n) is 12.1. The molecule has 0 bridgehead atoms. The van der Waals surface area contributed by atoms with E-state index in [0.717, 1.165) is 68.5 Å². The van der Waals surface area contributed by atoms with E-state index in [4.69, 9.17) is 19.8 Å². The number of hydrogen-bond donors (Lipinski definition) is 3. The molecule has 1 fully saturated rings. The van der Waals surface area contributed by atoms with E-state index >= 15 is 4.39 Å². The van der Waals surface area contributed by atoms with Gasteiger partial charge in [0.25, 0.3) is 0 Å². The molecular weight excluding hydrogens is 679 g/mol. The number of aromatic amines is 1. The number of alkyl halides is 7. The van der Waals surface area contributed by atoms with Crippen LogP contribution in [0.1, 0.15) is 42.7 Å². The van der Waals surface area contributed by atoms with Crippen molar-refractivity contribution < 1.29 is 50.5 Å². The molecule has 272 valence electrons. The SMILES string of the molecule is CN(C)CCN1CCn2c(c([C@@H]3CCCC[C@H]3F)c3ccc(-c4nnn[nH]4)cc32)-c2ccccc2C1.O=C(O)C(F)(F)F.O=C(O)C(F)(F)F. The van der Waals surface area contributed by atoms with Gasteiger partial charge in [-0.15, -0.1) is 5.10 Å². The average Bonchev–Trinajstić information content (AvgIpc) is 3.68. The molecule has 11 nitrogen and oxygen atoms in total. The third-order valence-corrected chi connectivity index (χ3v) is 8.43. The van der Waals surface area contributed by atoms with Crippen molar-refractivity contribution in [2.24, 2.45) is 0 Å². The molecule has 2 aliphatic rings. The van der Waals surface area contributed by atoms with Gasteiger partial charge in [0.1, 0.15) is 6.17 Å². The summed E-state index contributed by atoms with van der Waals surface area (Å²) in [6.07, 6.45) is -7.36. The molecule has 0 radical (unpaired) electrons. The van der Waals surface area contributed by atoms with Gasteiger partial charge >= 0.3 is 24.3 Å². The molecule has 0 spiro atoms. The largest absolute Gasteiger partial charge is 0.490 e. The van der Waals surface area contributed by atoms with E-state index in [1.165, 1.54) is 22.4 Å². The predicted octanol–water partition coefficient (Wildman–Crippen LogP) is 6.13. The van der Waals surface area contributed by atoms with Gasteiger partial charge in [-0.1, -0.05) is 49.2 Å². The Morgan fingerprint density at radius 1 is 0.960 bits per heavy atom. The number of fused-ring (bicyclic) bond motifs is 5. The minimum atomic E-state index is -5.08. The van der Waals surface area contributed by atoms with Gasteiger partial charge in [-0.05, 0) is 54.6 Å². The first-order chi connectivity index (χ1) is 23.5. The van der Waals surface area contributed by atoms with Gasteiger partial charge in [-0.3, -0.25) is 4.90 Å². The van der Waals surface area contributed by atoms with E-state index in [0.29, 0.717) is 12.2 Å². The number of carboxylic acids is 2. The average molecular weight is 716 g/mol. The molecule has 1 saturated carbocycles. The number of likely N-dealkylation sites (N-methyl/N-ethyl adjacent to an activating group) is 1. The minimum absolute atomic E-state index is 0.0763. The fourth-order valence-corrected chi connectivity index (χ4v) is 6.10. The summed E-state index contributed by atoms with van der Waals surface area (Å²) in [4.78, 5) is 22.6. The molecule has 0 saturated heterocycles. The Labute approximate surface area is 281 Å². The first-order valence-corrected chi connectivity index (χ1v) is 15.6. The highest BCUT2D eigenvalue weighted by Crippen LogP contribution is 2.47. The number of H-pyrrole nitrogens is 1. The van der Waals surface area contributed by atoms with Crippen LogP contribution in [0, 0.1) is 0 Å². The maximum atomic E-state index is 15.6. The van der Waals surface area contributed by atoms with Crippen LogP contribution >= 0.6 is 0 Å². The highest BCUT2D eigenvalue weighted by molar-refractivity contribution is 5.95. The van der Waals surface area contributed by atoms with E-state index in [1.54, 1.807) is 0 Å². The summed E-state index contributed by atoms with van der Waals surface area (Å²) in [5.41, 5.74) is 7.02. The van der Waals surface area contributed by atoms with Crippen molar-refractivity contribution >= 4 is 22.8 Å². The maximum Gasteiger partial charge on any atom is 0.490 e. The van der Waals surface area contributed by atoms with Gasteiger partial charge < -0.3 is 19.7 Å². The monoisotopic (exact) mass is 715 g/mol. The Balaban J connectivity index is 0.000000340. The lowest BCUT2D eigenvalue weighted by atomic mass is 9.80. The number of benzene rings is 2. The van der Waals surface area contributed by atoms with Gasteiger partial charge in [0.05, 0.1) is 5.69 Å². The highest BCUT2D eigenvalue weighted by Gasteiger charge is 2.39. The Hall–Kier alpha value is -4.58. The lowest BCUT2D eigenvalue weighted by molar-refractivity contribution is -0.193. The maximum absolute atomic E-state index is 15.6. The standard InChI is InChI=1S/C28H34FN7.2C2HF3O2/c1-34(2)13-14-35-15-16-36-25-17-19(28-30-32-33-31-28)11-12-23(25)26(22-9-5-6-10-24(22)29)27(36)21-8-4-3-7-20(21)18-35;2*3-2(4,5)1(6)7/h3-4,7-8,11-12,17,22,24H,5-6,9-10,13-16,18H2,1-2H3,(H,30,31,32,33);2*(H,6,7)/t22-,24-;;/m1../s1. The number of nitrogens with one attached hydrogen (secondary N) is 1. The molecule has 2 aromatic heterocycles. The van der Waals surface area contributed by atoms with Gasteiger partial charge in [-0.25, -0.2) is 19.1 Å². The van der Waals surface area contributed by atoms with Crippen LogP contribution in [-0.2, 0) is 22.7 Å². The van der Waals surface area contributed by atoms with Crippen LogP contribution < -0.4 is 0 Å². The lowest BCUT2D eigenvalue weighted by Gasteiger charge is -2.31. The Morgan fingerprint density at radius 3 is 2.18 bits per heavy atom. The zero-order valence-corrected chi connectivity index (χ0v) is 27.1. The van der Waals surface area contributed by atoms with Crippen LogP contribution in [0.25, 0.3) is 33.5 Å². The van der Waals surface area contributed by atoms with Crippen LogP contribution in [0.2, 0.25) is 0 Å². The number of carboxylic acid groups (broad SMARTS) is 2. The minimum Gasteiger partial charge on any atom is -0.475 e. The number of aliphatic carboxylic acids is 2. The normalized spacial score (nSPS) is 18.1. The van der Waals surface area contributed by atoms with Gasteiger partial charge in [0.15, 0.2) is 5.82 Å². The second kappa shape index (κ2) is 16.0. The zero-order chi connectivity index (χ0) is 36.8. The van der Waals surface area contributed by atoms with Gasteiger partial charge in [0, 0.05) is 60.7 Å². The van der Waals surface area contributed by atoms with Crippen molar-refractivity contribution in [3.63, 3.8) is 0 Å². The van der Waals surface area contributed by atoms with Gasteiger partial charge in [-0.2, -0.15) is 26.3 Å². The van der Waals surface area contributed by atoms with E-state index in [2.05, 4.69) is 91.6 Å². The molecule has 0 unspecified atom stereocenters. The molecule has 2 atom stereocenters. The summed E-state index contributed by atoms with van der Waals surface area (Å²) < 4.78 is 81.5. The zero-order valence-electron chi connectivity index (χ0n) is 27.1. The third kappa shape index (κ3) is 9.35. The molecule has 3 heterocycles. The summed E-state index contributed by atoms with van der Waals surface area (Å²) in [6.45, 7) is 4.73. The molecule has 0 amide bonds. The van der Waals surface area contributed by atoms with Crippen LogP contribution in [-0.4, -0.2) is 109 Å². The second-order valence-corrected chi connectivity index (χ2v) is 12.1. The fourth-order valence-electron chi connectivity index (χ4n) is 6.10. The van der Waals surface area contributed by atoms with E-state index < -0.39 is 30.5 Å². The molecule has 4 aromatic rings. The van der Waals surface area contributed by atoms with Crippen molar-refractivity contribution in [2.75, 3.05) is 33.7 Å². The molecule has 18 heteroatoms. The Kier molecular flexibility index (Phi) is 12.2. The summed E-state index contributed by atoms with van der Waals surface area (Å²) in [5.74, 6) is -4.94. The topological polar surface area (TPSA) is 140 Å². The molecular formula is C32H36F7N7O4. The number of nitrogens with zero attached hydrogens (tertiary/aromatic N) is 6. The number of rotatable bonds is 5. The number of aromatic nitrogens is 5. The van der Waals surface area contributed by atoms with E-state index in [1.807, 2.05) is 0 Å². The summed E-state index contributed by atoms with van der Waals surface area (Å²) in [6, 6.07) is 15.1. The van der Waals surface area contributed by atoms with Crippen molar-refractivity contribution in [3.8, 4) is 22.6 Å². The molecule has 50 heavy (non-hydrogen) atoms. The number of hydrogen-bond acceptors (Lipinski definition) is 7. The number of halogens is 7. The van der Waals surface area contributed by atoms with E-state index in [9.17, 15) is 26.3 Å². The van der Waals surface area contributed by atoms with Gasteiger partial charge in [0.2, 0.25) is 0 Å². The van der Waals surface area contributed by atoms with Crippen molar-refractivity contribution in [1.29, 1.82) is 0 Å². The van der Waals surface area contributed by atoms with Crippen LogP contribution in [0.15, 0.2) is 42.5 Å². The summed E-state index contributed by atoms with van der Waals surface area (Å²) in [5, 5.41) is 30.0. The summed E-state index contributed by atoms with van der Waals surface area (Å²) >= 11 is 0. The van der Waals surface area contributed by atoms with Crippen molar-refractivity contribution in [2.45, 2.75) is 63.2 Å². The first kappa shape index (κ1) is 38.2. The van der Waals surface area contributed by atoms with E-state index in [-0.39, 0.29) is 5.92 Å². The fraction of sp³-hybridized carbons (Fsp3) is 0.469. The predicted molar refractivity (Wildman–Crippen MR) is 168 cm³/mol. The Bertz CT molecular complexity index is 1730. The summed E-state index contributed by atoms with van der Waals surface area (Å²) in [7, 11) is 4.25. The molecule has 2 aromatic carbocycles. The number of carbonyl (C=O) groups is 2. The smallest absolute Gasteiger partial charge is 0.475 e. The van der Waals surface area contributed by atoms with Crippen LogP contribution in [0.3, 0.4) is 0 Å². The molecule has 1 aliphatic carbocycles. The van der Waals surface area contributed by atoms with Crippen LogP contribution in [0.4, 0.5) is 30.7 Å². The Morgan fingerprint density at radius 2 is 1.60 bits per heavy atom. The quantitative estimate of drug-likeness (QED) is 0.208. The van der Waals surface area contributed by atoms with Crippen molar-refractivity contribution in [1.82, 2.24) is 35.0 Å². The van der Waals surface area contributed by atoms with Crippen LogP contribution in [0.5, 0.6) is 0 Å². The molecule has 3 N–H and O–H groups in total. The first-order valence-electron chi connectivity index (χ1n) is 15.6. The number of tetrazole rings is 1. The molecule has 6 rings (SSSR count). The van der Waals surface area contributed by atoms with Crippen molar-refractivity contribution in [3.05, 3.63) is 53.6 Å². The third-order valence-electron chi connectivity index (χ3n) is 8.43. The highest BCUT2D eigenvalue weighted by atomic mass is 19.4.